The Bertz CT molecular complexity index is 1080. The van der Waals surface area contributed by atoms with Crippen LogP contribution in [-0.4, -0.2) is 35.8 Å². The summed E-state index contributed by atoms with van der Waals surface area (Å²) < 4.78 is 11.0. The number of nitrogens with one attached hydrogen (secondary N) is 3. The predicted molar refractivity (Wildman–Crippen MR) is 119 cm³/mol. The molecule has 2 aromatic rings. The van der Waals surface area contributed by atoms with Gasteiger partial charge in [-0.1, -0.05) is 23.7 Å². The van der Waals surface area contributed by atoms with Crippen molar-refractivity contribution in [2.75, 3.05) is 6.54 Å². The highest BCUT2D eigenvalue weighted by atomic mass is 35.5. The molecular weight excluding hydrogens is 436 g/mol. The monoisotopic (exact) mass is 458 g/mol. The second kappa shape index (κ2) is 9.69. The minimum absolute atomic E-state index is 0.0418. The van der Waals surface area contributed by atoms with E-state index < -0.39 is 23.5 Å². The Morgan fingerprint density at radius 2 is 1.81 bits per heavy atom. The molecule has 3 N–H and O–H groups in total. The molecule has 0 bridgehead atoms. The number of para-hydroxylation sites is 1. The highest BCUT2D eigenvalue weighted by Gasteiger charge is 2.24. The molecule has 9 nitrogen and oxygen atoms in total. The standard InChI is InChI=1S/C22H23ClN4O5/c1-22(2,3)32-21(30)24-11-10-18(28)26-27-20(29)19-14-6-4-5-7-16(14)31-17-9-8-13(23)12-15(17)25-19/h4-9,12H,10-11H2,1-3H3,(H,24,30)(H,26,28)(H,27,29). The highest BCUT2D eigenvalue weighted by molar-refractivity contribution is 6.46. The van der Waals surface area contributed by atoms with E-state index in [1.54, 1.807) is 63.2 Å². The molecule has 0 saturated carbocycles. The molecule has 168 valence electrons. The van der Waals surface area contributed by atoms with Crippen molar-refractivity contribution < 1.29 is 23.9 Å². The van der Waals surface area contributed by atoms with Gasteiger partial charge in [0.15, 0.2) is 5.75 Å². The Balaban J connectivity index is 1.64. The van der Waals surface area contributed by atoms with Gasteiger partial charge in [-0.3, -0.25) is 20.4 Å². The summed E-state index contributed by atoms with van der Waals surface area (Å²) in [5.74, 6) is -0.254. The number of nitrogens with zero attached hydrogens (tertiary/aromatic N) is 1. The molecule has 2 aromatic carbocycles. The zero-order valence-corrected chi connectivity index (χ0v) is 18.6. The van der Waals surface area contributed by atoms with Crippen LogP contribution in [0.1, 0.15) is 32.8 Å². The van der Waals surface area contributed by atoms with Gasteiger partial charge in [0.05, 0.1) is 0 Å². The van der Waals surface area contributed by atoms with Gasteiger partial charge in [0, 0.05) is 23.6 Å². The summed E-state index contributed by atoms with van der Waals surface area (Å²) in [5.41, 5.74) is 4.90. The summed E-state index contributed by atoms with van der Waals surface area (Å²) in [6.45, 7) is 5.25. The number of ether oxygens (including phenoxy) is 2. The topological polar surface area (TPSA) is 118 Å². The summed E-state index contributed by atoms with van der Waals surface area (Å²) in [6.07, 6.45) is -0.694. The molecule has 10 heteroatoms. The van der Waals surface area contributed by atoms with E-state index in [9.17, 15) is 14.4 Å². The van der Waals surface area contributed by atoms with Crippen LogP contribution >= 0.6 is 11.6 Å². The summed E-state index contributed by atoms with van der Waals surface area (Å²) >= 11 is 6.06. The molecule has 0 radical (unpaired) electrons. The Morgan fingerprint density at radius 1 is 1.06 bits per heavy atom. The zero-order chi connectivity index (χ0) is 23.3. The van der Waals surface area contributed by atoms with Gasteiger partial charge in [0.1, 0.15) is 22.7 Å². The molecule has 0 aliphatic carbocycles. The van der Waals surface area contributed by atoms with Crippen LogP contribution in [0.4, 0.5) is 10.5 Å². The molecule has 3 amide bonds. The first-order valence-corrected chi connectivity index (χ1v) is 10.2. The first-order chi connectivity index (χ1) is 15.1. The maximum absolute atomic E-state index is 12.8. The second-order valence-corrected chi connectivity index (χ2v) is 8.29. The van der Waals surface area contributed by atoms with E-state index in [0.717, 1.165) is 0 Å². The number of amides is 3. The highest BCUT2D eigenvalue weighted by Crippen LogP contribution is 2.38. The molecule has 3 rings (SSSR count). The quantitative estimate of drug-likeness (QED) is 0.604. The predicted octanol–water partition coefficient (Wildman–Crippen LogP) is 3.63. The molecule has 1 aliphatic heterocycles. The lowest BCUT2D eigenvalue weighted by atomic mass is 10.1. The fraction of sp³-hybridized carbons (Fsp3) is 0.273. The van der Waals surface area contributed by atoms with Crippen molar-refractivity contribution in [2.45, 2.75) is 32.8 Å². The molecule has 0 unspecified atom stereocenters. The van der Waals surface area contributed by atoms with Gasteiger partial charge in [-0.2, -0.15) is 0 Å². The summed E-state index contributed by atoms with van der Waals surface area (Å²) in [7, 11) is 0. The fourth-order valence-electron chi connectivity index (χ4n) is 2.73. The number of aliphatic imine (C=N–C) groups is 1. The fourth-order valence-corrected chi connectivity index (χ4v) is 2.89. The SMILES string of the molecule is CC(C)(C)OC(=O)NCCC(=O)NNC(=O)C1=Nc2cc(Cl)ccc2Oc2ccccc21. The number of alkyl carbamates (subject to hydrolysis) is 1. The van der Waals surface area contributed by atoms with Crippen molar-refractivity contribution in [3.63, 3.8) is 0 Å². The number of carbonyl (C=O) groups is 3. The number of halogens is 1. The summed E-state index contributed by atoms with van der Waals surface area (Å²) in [4.78, 5) is 40.9. The minimum Gasteiger partial charge on any atom is -0.454 e. The number of carbonyl (C=O) groups excluding carboxylic acids is 3. The Labute approximate surface area is 190 Å². The normalized spacial score (nSPS) is 12.2. The lowest BCUT2D eigenvalue weighted by Gasteiger charge is -2.19. The van der Waals surface area contributed by atoms with Gasteiger partial charge in [-0.25, -0.2) is 9.79 Å². The van der Waals surface area contributed by atoms with Crippen LogP contribution < -0.4 is 20.9 Å². The van der Waals surface area contributed by atoms with Crippen LogP contribution in [0, 0.1) is 0 Å². The van der Waals surface area contributed by atoms with Crippen LogP contribution in [0.2, 0.25) is 5.02 Å². The van der Waals surface area contributed by atoms with Gasteiger partial charge in [0.25, 0.3) is 5.91 Å². The Morgan fingerprint density at radius 3 is 2.56 bits per heavy atom. The minimum atomic E-state index is -0.637. The molecule has 0 fully saturated rings. The number of hydrazine groups is 1. The van der Waals surface area contributed by atoms with Crippen LogP contribution in [0.15, 0.2) is 47.5 Å². The Kier molecular flexibility index (Phi) is 6.99. The van der Waals surface area contributed by atoms with E-state index in [-0.39, 0.29) is 18.7 Å². The molecular formula is C22H23ClN4O5. The first kappa shape index (κ1) is 23.1. The lowest BCUT2D eigenvalue weighted by molar-refractivity contribution is -0.126. The van der Waals surface area contributed by atoms with Gasteiger partial charge >= 0.3 is 6.09 Å². The van der Waals surface area contributed by atoms with Crippen LogP contribution in [0.5, 0.6) is 11.5 Å². The average Bonchev–Trinajstić information content (AvgIpc) is 2.87. The summed E-state index contributed by atoms with van der Waals surface area (Å²) in [6, 6.07) is 11.8. The van der Waals surface area contributed by atoms with Crippen molar-refractivity contribution in [3.05, 3.63) is 53.1 Å². The van der Waals surface area contributed by atoms with E-state index in [0.29, 0.717) is 27.8 Å². The summed E-state index contributed by atoms with van der Waals surface area (Å²) in [5, 5.41) is 2.91. The van der Waals surface area contributed by atoms with Gasteiger partial charge in [-0.15, -0.1) is 0 Å². The van der Waals surface area contributed by atoms with Crippen molar-refractivity contribution in [3.8, 4) is 11.5 Å². The van der Waals surface area contributed by atoms with Crippen molar-refractivity contribution in [2.24, 2.45) is 4.99 Å². The molecule has 0 atom stereocenters. The largest absolute Gasteiger partial charge is 0.454 e. The molecule has 0 aromatic heterocycles. The number of benzene rings is 2. The maximum atomic E-state index is 12.8. The third-order valence-corrected chi connectivity index (χ3v) is 4.30. The van der Waals surface area contributed by atoms with Gasteiger partial charge in [0.2, 0.25) is 5.91 Å². The van der Waals surface area contributed by atoms with Gasteiger partial charge < -0.3 is 14.8 Å². The molecule has 0 spiro atoms. The van der Waals surface area contributed by atoms with Crippen LogP contribution in [0.25, 0.3) is 0 Å². The van der Waals surface area contributed by atoms with Crippen molar-refractivity contribution in [1.82, 2.24) is 16.2 Å². The lowest BCUT2D eigenvalue weighted by Crippen LogP contribution is -2.46. The molecule has 0 saturated heterocycles. The third-order valence-electron chi connectivity index (χ3n) is 4.07. The van der Waals surface area contributed by atoms with E-state index in [1.165, 1.54) is 0 Å². The van der Waals surface area contributed by atoms with E-state index in [4.69, 9.17) is 21.1 Å². The number of hydrogen-bond donors (Lipinski definition) is 3. The van der Waals surface area contributed by atoms with E-state index in [2.05, 4.69) is 21.2 Å². The van der Waals surface area contributed by atoms with Crippen LogP contribution in [0.3, 0.4) is 0 Å². The van der Waals surface area contributed by atoms with E-state index >= 15 is 0 Å². The average molecular weight is 459 g/mol. The van der Waals surface area contributed by atoms with Crippen molar-refractivity contribution >= 4 is 40.9 Å². The van der Waals surface area contributed by atoms with Gasteiger partial charge in [-0.05, 0) is 51.1 Å². The molecule has 1 heterocycles. The number of rotatable bonds is 4. The second-order valence-electron chi connectivity index (χ2n) is 7.85. The molecule has 1 aliphatic rings. The van der Waals surface area contributed by atoms with Crippen molar-refractivity contribution in [1.29, 1.82) is 0 Å². The van der Waals surface area contributed by atoms with E-state index in [1.807, 2.05) is 0 Å². The zero-order valence-electron chi connectivity index (χ0n) is 17.8. The van der Waals surface area contributed by atoms with Crippen LogP contribution in [-0.2, 0) is 14.3 Å². The third kappa shape index (κ3) is 6.21. The smallest absolute Gasteiger partial charge is 0.407 e. The first-order valence-electron chi connectivity index (χ1n) is 9.84. The number of fused-ring (bicyclic) bond motifs is 2. The molecule has 32 heavy (non-hydrogen) atoms. The number of hydrogen-bond acceptors (Lipinski definition) is 6. The maximum Gasteiger partial charge on any atom is 0.407 e. The Hall–Kier alpha value is -3.59.